The van der Waals surface area contributed by atoms with Gasteiger partial charge in [-0.05, 0) is 6.92 Å². The lowest BCUT2D eigenvalue weighted by Crippen LogP contribution is -1.99. The van der Waals surface area contributed by atoms with Crippen LogP contribution in [0.15, 0.2) is 6.33 Å². The van der Waals surface area contributed by atoms with E-state index in [-0.39, 0.29) is 11.6 Å². The van der Waals surface area contributed by atoms with Crippen LogP contribution in [0.25, 0.3) is 0 Å². The van der Waals surface area contributed by atoms with Gasteiger partial charge in [0.05, 0.1) is 5.69 Å². The molecule has 0 bridgehead atoms. The maximum atomic E-state index is 12.8. The van der Waals surface area contributed by atoms with E-state index in [4.69, 9.17) is 0 Å². The Morgan fingerprint density at radius 3 is 2.70 bits per heavy atom. The van der Waals surface area contributed by atoms with Crippen LogP contribution in [0.2, 0.25) is 0 Å². The van der Waals surface area contributed by atoms with E-state index in [1.54, 1.807) is 14.0 Å². The molecule has 0 atom stereocenters. The summed E-state index contributed by atoms with van der Waals surface area (Å²) < 4.78 is 12.8. The van der Waals surface area contributed by atoms with Gasteiger partial charge >= 0.3 is 0 Å². The lowest BCUT2D eigenvalue weighted by atomic mass is 10.4. The van der Waals surface area contributed by atoms with Gasteiger partial charge in [0.1, 0.15) is 6.33 Å². The molecule has 0 amide bonds. The SMILES string of the molecule is CNc1ncnc(C)c1F. The fourth-order valence-electron chi connectivity index (χ4n) is 0.632. The number of hydrogen-bond donors (Lipinski definition) is 1. The van der Waals surface area contributed by atoms with Crippen molar-refractivity contribution < 1.29 is 4.39 Å². The second-order valence-corrected chi connectivity index (χ2v) is 1.87. The summed E-state index contributed by atoms with van der Waals surface area (Å²) in [6, 6.07) is 0. The largest absolute Gasteiger partial charge is 0.371 e. The highest BCUT2D eigenvalue weighted by molar-refractivity contribution is 5.35. The molecule has 3 nitrogen and oxygen atoms in total. The van der Waals surface area contributed by atoms with E-state index in [2.05, 4.69) is 15.3 Å². The van der Waals surface area contributed by atoms with Gasteiger partial charge in [0.2, 0.25) is 0 Å². The average Bonchev–Trinajstić information content (AvgIpc) is 1.95. The van der Waals surface area contributed by atoms with Crippen LogP contribution in [0.3, 0.4) is 0 Å². The summed E-state index contributed by atoms with van der Waals surface area (Å²) in [5.74, 6) is -0.141. The highest BCUT2D eigenvalue weighted by Gasteiger charge is 2.03. The molecule has 0 saturated heterocycles. The van der Waals surface area contributed by atoms with Crippen molar-refractivity contribution in [1.82, 2.24) is 9.97 Å². The fourth-order valence-corrected chi connectivity index (χ4v) is 0.632. The number of aryl methyl sites for hydroxylation is 1. The Morgan fingerprint density at radius 2 is 2.20 bits per heavy atom. The Labute approximate surface area is 58.3 Å². The summed E-state index contributed by atoms with van der Waals surface area (Å²) >= 11 is 0. The Hall–Kier alpha value is -1.19. The maximum Gasteiger partial charge on any atom is 0.186 e. The molecule has 0 aliphatic carbocycles. The van der Waals surface area contributed by atoms with Gasteiger partial charge in [-0.25, -0.2) is 14.4 Å². The standard InChI is InChI=1S/C6H8FN3/c1-4-5(7)6(8-2)10-3-9-4/h3H,1-2H3,(H,8,9,10). The summed E-state index contributed by atoms with van der Waals surface area (Å²) in [6.07, 6.45) is 1.32. The molecule has 0 aromatic carbocycles. The maximum absolute atomic E-state index is 12.8. The van der Waals surface area contributed by atoms with Crippen LogP contribution in [0.5, 0.6) is 0 Å². The van der Waals surface area contributed by atoms with Crippen molar-refractivity contribution >= 4 is 5.82 Å². The van der Waals surface area contributed by atoms with Gasteiger partial charge in [0, 0.05) is 7.05 Å². The third kappa shape index (κ3) is 1.05. The Kier molecular flexibility index (Phi) is 1.80. The third-order valence-corrected chi connectivity index (χ3v) is 1.20. The predicted octanol–water partition coefficient (Wildman–Crippen LogP) is 0.966. The summed E-state index contributed by atoms with van der Waals surface area (Å²) in [5, 5.41) is 2.61. The Balaban J connectivity index is 3.14. The lowest BCUT2D eigenvalue weighted by molar-refractivity contribution is 0.606. The molecule has 0 radical (unpaired) electrons. The highest BCUT2D eigenvalue weighted by atomic mass is 19.1. The molecule has 4 heteroatoms. The van der Waals surface area contributed by atoms with Crippen molar-refractivity contribution in [2.24, 2.45) is 0 Å². The van der Waals surface area contributed by atoms with E-state index in [1.165, 1.54) is 6.33 Å². The van der Waals surface area contributed by atoms with Crippen LogP contribution in [0.1, 0.15) is 5.69 Å². The van der Waals surface area contributed by atoms with Gasteiger partial charge in [-0.2, -0.15) is 0 Å². The van der Waals surface area contributed by atoms with E-state index in [1.807, 2.05) is 0 Å². The molecule has 0 aliphatic heterocycles. The summed E-state index contributed by atoms with van der Waals surface area (Å²) in [5.41, 5.74) is 0.361. The van der Waals surface area contributed by atoms with Gasteiger partial charge in [0.25, 0.3) is 0 Å². The molecule has 1 aromatic heterocycles. The lowest BCUT2D eigenvalue weighted by Gasteiger charge is -2.00. The molecule has 1 aromatic rings. The quantitative estimate of drug-likeness (QED) is 0.633. The number of nitrogens with one attached hydrogen (secondary N) is 1. The molecule has 0 saturated carbocycles. The van der Waals surface area contributed by atoms with Gasteiger partial charge in [-0.3, -0.25) is 0 Å². The van der Waals surface area contributed by atoms with E-state index in [0.717, 1.165) is 0 Å². The van der Waals surface area contributed by atoms with E-state index >= 15 is 0 Å². The van der Waals surface area contributed by atoms with Crippen LogP contribution in [0, 0.1) is 12.7 Å². The molecule has 0 aliphatic rings. The van der Waals surface area contributed by atoms with Crippen LogP contribution < -0.4 is 5.32 Å². The highest BCUT2D eigenvalue weighted by Crippen LogP contribution is 2.09. The molecule has 0 spiro atoms. The summed E-state index contributed by atoms with van der Waals surface area (Å²) in [7, 11) is 1.62. The third-order valence-electron chi connectivity index (χ3n) is 1.20. The van der Waals surface area contributed by atoms with Crippen molar-refractivity contribution in [1.29, 1.82) is 0 Å². The molecule has 54 valence electrons. The number of halogens is 1. The summed E-state index contributed by atoms with van der Waals surface area (Å²) in [6.45, 7) is 1.60. The number of nitrogens with zero attached hydrogens (tertiary/aromatic N) is 2. The predicted molar refractivity (Wildman–Crippen MR) is 36.3 cm³/mol. The number of hydrogen-bond acceptors (Lipinski definition) is 3. The Bertz CT molecular complexity index is 236. The summed E-state index contributed by atoms with van der Waals surface area (Å²) in [4.78, 5) is 7.32. The molecule has 1 rings (SSSR count). The zero-order valence-corrected chi connectivity index (χ0v) is 5.85. The minimum Gasteiger partial charge on any atom is -0.371 e. The molecule has 0 unspecified atom stereocenters. The van der Waals surface area contributed by atoms with Gasteiger partial charge in [-0.1, -0.05) is 0 Å². The second kappa shape index (κ2) is 2.60. The van der Waals surface area contributed by atoms with Crippen molar-refractivity contribution in [3.63, 3.8) is 0 Å². The molecular formula is C6H8FN3. The van der Waals surface area contributed by atoms with Crippen molar-refractivity contribution in [3.8, 4) is 0 Å². The molecule has 0 fully saturated rings. The normalized spacial score (nSPS) is 9.50. The van der Waals surface area contributed by atoms with E-state index in [9.17, 15) is 4.39 Å². The van der Waals surface area contributed by atoms with Gasteiger partial charge < -0.3 is 5.32 Å². The fraction of sp³-hybridized carbons (Fsp3) is 0.333. The molecule has 10 heavy (non-hydrogen) atoms. The van der Waals surface area contributed by atoms with Crippen molar-refractivity contribution in [2.75, 3.05) is 12.4 Å². The monoisotopic (exact) mass is 141 g/mol. The van der Waals surface area contributed by atoms with E-state index < -0.39 is 0 Å². The number of anilines is 1. The molecule has 1 N–H and O–H groups in total. The number of aromatic nitrogens is 2. The molecular weight excluding hydrogens is 133 g/mol. The van der Waals surface area contributed by atoms with Gasteiger partial charge in [-0.15, -0.1) is 0 Å². The van der Waals surface area contributed by atoms with Crippen LogP contribution in [0.4, 0.5) is 10.2 Å². The van der Waals surface area contributed by atoms with Crippen molar-refractivity contribution in [3.05, 3.63) is 17.8 Å². The zero-order chi connectivity index (χ0) is 7.56. The number of rotatable bonds is 1. The van der Waals surface area contributed by atoms with Crippen LogP contribution in [-0.4, -0.2) is 17.0 Å². The minimum atomic E-state index is -0.384. The van der Waals surface area contributed by atoms with Crippen LogP contribution in [-0.2, 0) is 0 Å². The zero-order valence-electron chi connectivity index (χ0n) is 5.85. The second-order valence-electron chi connectivity index (χ2n) is 1.87. The topological polar surface area (TPSA) is 37.8 Å². The first-order valence-corrected chi connectivity index (χ1v) is 2.90. The molecule has 1 heterocycles. The Morgan fingerprint density at radius 1 is 1.50 bits per heavy atom. The first-order valence-electron chi connectivity index (χ1n) is 2.90. The first-order chi connectivity index (χ1) is 4.75. The average molecular weight is 141 g/mol. The first kappa shape index (κ1) is 6.92. The van der Waals surface area contributed by atoms with E-state index in [0.29, 0.717) is 5.69 Å². The van der Waals surface area contributed by atoms with Crippen LogP contribution >= 0.6 is 0 Å². The van der Waals surface area contributed by atoms with Crippen molar-refractivity contribution in [2.45, 2.75) is 6.92 Å². The smallest absolute Gasteiger partial charge is 0.186 e. The minimum absolute atomic E-state index is 0.243. The van der Waals surface area contributed by atoms with Gasteiger partial charge in [0.15, 0.2) is 11.6 Å².